The van der Waals surface area contributed by atoms with E-state index in [-0.39, 0.29) is 17.2 Å². The van der Waals surface area contributed by atoms with Crippen molar-refractivity contribution in [2.75, 3.05) is 18.6 Å². The number of hydrogen-bond acceptors (Lipinski definition) is 4. The molecule has 0 fully saturated rings. The molecule has 0 unspecified atom stereocenters. The van der Waals surface area contributed by atoms with Crippen LogP contribution in [0.15, 0.2) is 29.2 Å². The number of hydrogen-bond donors (Lipinski definition) is 1. The summed E-state index contributed by atoms with van der Waals surface area (Å²) >= 11 is 0. The number of rotatable bonds is 8. The van der Waals surface area contributed by atoms with E-state index in [1.165, 1.54) is 0 Å². The minimum absolute atomic E-state index is 0.112. The molecule has 0 amide bonds. The number of nitrogens with one attached hydrogen (secondary N) is 1. The second kappa shape index (κ2) is 7.19. The van der Waals surface area contributed by atoms with Gasteiger partial charge in [-0.05, 0) is 30.5 Å². The van der Waals surface area contributed by atoms with E-state index < -0.39 is 19.9 Å². The molecule has 0 aliphatic heterocycles. The Balaban J connectivity index is 2.68. The molecule has 5 nitrogen and oxygen atoms in total. The van der Waals surface area contributed by atoms with Gasteiger partial charge in [0, 0.05) is 12.8 Å². The molecule has 114 valence electrons. The highest BCUT2D eigenvalue weighted by molar-refractivity contribution is 7.91. The van der Waals surface area contributed by atoms with Gasteiger partial charge in [-0.2, -0.15) is 0 Å². The summed E-state index contributed by atoms with van der Waals surface area (Å²) in [6.07, 6.45) is 4.16. The fourth-order valence-corrected chi connectivity index (χ4v) is 3.29. The predicted octanol–water partition coefficient (Wildman–Crippen LogP) is 1.35. The van der Waals surface area contributed by atoms with E-state index in [1.807, 2.05) is 0 Å². The van der Waals surface area contributed by atoms with Crippen LogP contribution in [0.5, 0.6) is 0 Å². The van der Waals surface area contributed by atoms with Crippen molar-refractivity contribution in [3.05, 3.63) is 29.8 Å². The highest BCUT2D eigenvalue weighted by Gasteiger charge is 2.14. The molecule has 0 aromatic heterocycles. The summed E-state index contributed by atoms with van der Waals surface area (Å²) in [5, 5.41) is 0. The van der Waals surface area contributed by atoms with Gasteiger partial charge in [-0.1, -0.05) is 25.5 Å². The zero-order chi connectivity index (χ0) is 15.2. The molecule has 1 N–H and O–H groups in total. The largest absolute Gasteiger partial charge is 0.240 e. The van der Waals surface area contributed by atoms with E-state index in [4.69, 9.17) is 0 Å². The van der Waals surface area contributed by atoms with Crippen LogP contribution in [0.4, 0.5) is 0 Å². The first-order valence-electron chi connectivity index (χ1n) is 6.51. The van der Waals surface area contributed by atoms with Gasteiger partial charge in [0.1, 0.15) is 9.84 Å². The molecule has 1 rings (SSSR count). The predicted molar refractivity (Wildman–Crippen MR) is 80.0 cm³/mol. The standard InChI is InChI=1S/C13H21NO4S2/c1-3-4-5-12-6-8-13(9-7-12)20(17,18)14-10-11-19(2,15)16/h6-9,14H,3-5,10-11H2,1-2H3. The maximum absolute atomic E-state index is 11.9. The van der Waals surface area contributed by atoms with Crippen LogP contribution in [0.2, 0.25) is 0 Å². The van der Waals surface area contributed by atoms with Gasteiger partial charge < -0.3 is 0 Å². The Bertz CT molecular complexity index is 619. The third kappa shape index (κ3) is 6.02. The molecule has 0 aliphatic rings. The number of aryl methyl sites for hydroxylation is 1. The molecule has 0 aliphatic carbocycles. The lowest BCUT2D eigenvalue weighted by atomic mass is 10.1. The Hall–Kier alpha value is -0.920. The highest BCUT2D eigenvalue weighted by atomic mass is 32.2. The highest BCUT2D eigenvalue weighted by Crippen LogP contribution is 2.12. The molecule has 0 saturated carbocycles. The van der Waals surface area contributed by atoms with Gasteiger partial charge in [0.2, 0.25) is 10.0 Å². The van der Waals surface area contributed by atoms with Crippen molar-refractivity contribution in [2.45, 2.75) is 31.1 Å². The number of unbranched alkanes of at least 4 members (excludes halogenated alkanes) is 1. The van der Waals surface area contributed by atoms with Crippen LogP contribution in [-0.2, 0) is 26.3 Å². The number of benzene rings is 1. The van der Waals surface area contributed by atoms with Crippen LogP contribution in [0.3, 0.4) is 0 Å². The van der Waals surface area contributed by atoms with Gasteiger partial charge in [0.25, 0.3) is 0 Å². The topological polar surface area (TPSA) is 80.3 Å². The summed E-state index contributed by atoms with van der Waals surface area (Å²) in [5.74, 6) is -0.208. The van der Waals surface area contributed by atoms with Crippen LogP contribution in [0.25, 0.3) is 0 Å². The summed E-state index contributed by atoms with van der Waals surface area (Å²) < 4.78 is 48.1. The summed E-state index contributed by atoms with van der Waals surface area (Å²) in [4.78, 5) is 0.159. The Morgan fingerprint density at radius 3 is 2.15 bits per heavy atom. The molecule has 0 heterocycles. The molecule has 20 heavy (non-hydrogen) atoms. The maximum atomic E-state index is 11.9. The van der Waals surface area contributed by atoms with Crippen molar-refractivity contribution in [1.29, 1.82) is 0 Å². The molecule has 0 radical (unpaired) electrons. The minimum Gasteiger partial charge on any atom is -0.229 e. The average molecular weight is 319 g/mol. The first kappa shape index (κ1) is 17.1. The van der Waals surface area contributed by atoms with Gasteiger partial charge in [0.05, 0.1) is 10.6 Å². The lowest BCUT2D eigenvalue weighted by Gasteiger charge is -2.07. The summed E-state index contributed by atoms with van der Waals surface area (Å²) in [5.41, 5.74) is 1.10. The number of sulfonamides is 1. The Labute approximate surface area is 121 Å². The molecule has 0 saturated heterocycles. The monoisotopic (exact) mass is 319 g/mol. The zero-order valence-electron chi connectivity index (χ0n) is 11.8. The van der Waals surface area contributed by atoms with Crippen molar-refractivity contribution in [1.82, 2.24) is 4.72 Å². The van der Waals surface area contributed by atoms with Gasteiger partial charge in [0.15, 0.2) is 0 Å². The van der Waals surface area contributed by atoms with Gasteiger partial charge >= 0.3 is 0 Å². The van der Waals surface area contributed by atoms with Crippen molar-refractivity contribution >= 4 is 19.9 Å². The summed E-state index contributed by atoms with van der Waals surface area (Å²) in [6, 6.07) is 6.68. The van der Waals surface area contributed by atoms with Crippen molar-refractivity contribution < 1.29 is 16.8 Å². The third-order valence-corrected chi connectivity index (χ3v) is 5.24. The van der Waals surface area contributed by atoms with Gasteiger partial charge in [-0.3, -0.25) is 0 Å². The Kier molecular flexibility index (Phi) is 6.16. The molecular weight excluding hydrogens is 298 g/mol. The van der Waals surface area contributed by atoms with E-state index in [2.05, 4.69) is 11.6 Å². The maximum Gasteiger partial charge on any atom is 0.240 e. The fraction of sp³-hybridized carbons (Fsp3) is 0.538. The molecule has 0 spiro atoms. The van der Waals surface area contributed by atoms with E-state index >= 15 is 0 Å². The summed E-state index contributed by atoms with van der Waals surface area (Å²) in [6.45, 7) is 1.99. The molecule has 7 heteroatoms. The quantitative estimate of drug-likeness (QED) is 0.784. The van der Waals surface area contributed by atoms with E-state index in [0.29, 0.717) is 0 Å². The molecule has 0 bridgehead atoms. The van der Waals surface area contributed by atoms with Crippen LogP contribution in [0.1, 0.15) is 25.3 Å². The number of sulfone groups is 1. The van der Waals surface area contributed by atoms with Gasteiger partial charge in [-0.15, -0.1) is 0 Å². The Morgan fingerprint density at radius 2 is 1.65 bits per heavy atom. The Morgan fingerprint density at radius 1 is 1.05 bits per heavy atom. The van der Waals surface area contributed by atoms with E-state index in [9.17, 15) is 16.8 Å². The van der Waals surface area contributed by atoms with E-state index in [1.54, 1.807) is 24.3 Å². The molecular formula is C13H21NO4S2. The molecule has 1 aromatic rings. The van der Waals surface area contributed by atoms with E-state index in [0.717, 1.165) is 31.1 Å². The second-order valence-corrected chi connectivity index (χ2v) is 8.80. The lowest BCUT2D eigenvalue weighted by molar-refractivity contribution is 0.582. The normalized spacial score (nSPS) is 12.5. The van der Waals surface area contributed by atoms with Crippen molar-refractivity contribution in [2.24, 2.45) is 0 Å². The fourth-order valence-electron chi connectivity index (χ4n) is 1.66. The van der Waals surface area contributed by atoms with Gasteiger partial charge in [-0.25, -0.2) is 21.6 Å². The summed E-state index contributed by atoms with van der Waals surface area (Å²) in [7, 11) is -6.81. The van der Waals surface area contributed by atoms with Crippen LogP contribution >= 0.6 is 0 Å². The first-order chi connectivity index (χ1) is 9.24. The zero-order valence-corrected chi connectivity index (χ0v) is 13.4. The third-order valence-electron chi connectivity index (χ3n) is 2.82. The minimum atomic E-state index is -3.63. The average Bonchev–Trinajstić information content (AvgIpc) is 2.35. The molecule has 0 atom stereocenters. The second-order valence-electron chi connectivity index (χ2n) is 4.78. The molecule has 1 aromatic carbocycles. The van der Waals surface area contributed by atoms with Crippen LogP contribution in [-0.4, -0.2) is 35.4 Å². The van der Waals surface area contributed by atoms with Crippen LogP contribution < -0.4 is 4.72 Å². The smallest absolute Gasteiger partial charge is 0.229 e. The lowest BCUT2D eigenvalue weighted by Crippen LogP contribution is -2.28. The SMILES string of the molecule is CCCCc1ccc(S(=O)(=O)NCCS(C)(=O)=O)cc1. The van der Waals surface area contributed by atoms with Crippen molar-refractivity contribution in [3.8, 4) is 0 Å². The van der Waals surface area contributed by atoms with Crippen LogP contribution in [0, 0.1) is 0 Å². The first-order valence-corrected chi connectivity index (χ1v) is 10.1. The van der Waals surface area contributed by atoms with Crippen molar-refractivity contribution in [3.63, 3.8) is 0 Å².